The van der Waals surface area contributed by atoms with Gasteiger partial charge in [0.05, 0.1) is 10.8 Å². The van der Waals surface area contributed by atoms with Crippen molar-refractivity contribution in [3.63, 3.8) is 0 Å². The molecule has 0 radical (unpaired) electrons. The second kappa shape index (κ2) is 10.7. The molecule has 0 saturated carbocycles. The lowest BCUT2D eigenvalue weighted by Crippen LogP contribution is -2.28. The molecule has 0 unspecified atom stereocenters. The van der Waals surface area contributed by atoms with E-state index in [2.05, 4.69) is 10.0 Å². The van der Waals surface area contributed by atoms with Crippen LogP contribution in [0.25, 0.3) is 0 Å². The van der Waals surface area contributed by atoms with Gasteiger partial charge < -0.3 is 15.0 Å². The monoisotopic (exact) mass is 459 g/mol. The van der Waals surface area contributed by atoms with Crippen molar-refractivity contribution in [1.29, 1.82) is 0 Å². The van der Waals surface area contributed by atoms with E-state index >= 15 is 0 Å². The Kier molecular flexibility index (Phi) is 8.00. The molecule has 3 rings (SSSR count). The van der Waals surface area contributed by atoms with Crippen molar-refractivity contribution < 1.29 is 22.7 Å². The fraction of sp³-hybridized carbons (Fsp3) is 0.391. The Morgan fingerprint density at radius 2 is 1.81 bits per heavy atom. The molecule has 1 aliphatic rings. The molecular weight excluding hydrogens is 430 g/mol. The number of carbonyl (C=O) groups is 2. The Morgan fingerprint density at radius 3 is 2.47 bits per heavy atom. The van der Waals surface area contributed by atoms with Gasteiger partial charge in [-0.25, -0.2) is 13.1 Å². The number of nitrogens with one attached hydrogen (secondary N) is 2. The third kappa shape index (κ3) is 6.15. The third-order valence-corrected chi connectivity index (χ3v) is 6.71. The molecule has 0 aromatic heterocycles. The van der Waals surface area contributed by atoms with E-state index in [1.165, 1.54) is 12.1 Å². The zero-order valence-corrected chi connectivity index (χ0v) is 19.2. The smallest absolute Gasteiger partial charge is 0.240 e. The first-order valence-electron chi connectivity index (χ1n) is 10.7. The Morgan fingerprint density at radius 1 is 1.12 bits per heavy atom. The summed E-state index contributed by atoms with van der Waals surface area (Å²) in [4.78, 5) is 26.8. The number of sulfonamides is 1. The molecule has 2 N–H and O–H groups in total. The molecule has 8 nitrogen and oxygen atoms in total. The highest BCUT2D eigenvalue weighted by Gasteiger charge is 2.35. The van der Waals surface area contributed by atoms with Crippen molar-refractivity contribution in [2.45, 2.75) is 31.6 Å². The fourth-order valence-electron chi connectivity index (χ4n) is 3.43. The van der Waals surface area contributed by atoms with Crippen LogP contribution in [0.15, 0.2) is 53.4 Å². The number of aryl methyl sites for hydroxylation is 1. The first-order chi connectivity index (χ1) is 15.3. The van der Waals surface area contributed by atoms with Crippen LogP contribution in [-0.4, -0.2) is 46.5 Å². The van der Waals surface area contributed by atoms with Crippen LogP contribution in [0.3, 0.4) is 0 Å². The van der Waals surface area contributed by atoms with Crippen LogP contribution in [0.2, 0.25) is 0 Å². The molecule has 172 valence electrons. The largest absolute Gasteiger partial charge is 0.382 e. The predicted molar refractivity (Wildman–Crippen MR) is 123 cm³/mol. The van der Waals surface area contributed by atoms with E-state index in [1.54, 1.807) is 17.0 Å². The van der Waals surface area contributed by atoms with Gasteiger partial charge in [-0.15, -0.1) is 0 Å². The van der Waals surface area contributed by atoms with Gasteiger partial charge in [-0.3, -0.25) is 9.59 Å². The van der Waals surface area contributed by atoms with Gasteiger partial charge in [0.15, 0.2) is 0 Å². The molecule has 0 aliphatic carbocycles. The van der Waals surface area contributed by atoms with Crippen molar-refractivity contribution in [2.75, 3.05) is 36.5 Å². The molecule has 9 heteroatoms. The Labute approximate surface area is 189 Å². The minimum atomic E-state index is -3.63. The molecule has 1 fully saturated rings. The number of nitrogens with zero attached hydrogens (tertiary/aromatic N) is 1. The van der Waals surface area contributed by atoms with E-state index in [9.17, 15) is 18.0 Å². The summed E-state index contributed by atoms with van der Waals surface area (Å²) in [5.74, 6) is -0.831. The number of carbonyl (C=O) groups excluding carboxylic acids is 2. The summed E-state index contributed by atoms with van der Waals surface area (Å²) >= 11 is 0. The maximum absolute atomic E-state index is 12.7. The zero-order chi connectivity index (χ0) is 23.1. The van der Waals surface area contributed by atoms with Gasteiger partial charge in [0, 0.05) is 44.1 Å². The molecule has 1 heterocycles. The molecule has 0 spiro atoms. The molecule has 2 aromatic rings. The summed E-state index contributed by atoms with van der Waals surface area (Å²) in [5, 5.41) is 2.78. The summed E-state index contributed by atoms with van der Waals surface area (Å²) in [7, 11) is -3.63. The van der Waals surface area contributed by atoms with E-state index in [4.69, 9.17) is 4.74 Å². The van der Waals surface area contributed by atoms with Gasteiger partial charge in [-0.2, -0.15) is 0 Å². The number of ether oxygens (including phenoxy) is 1. The molecule has 2 aromatic carbocycles. The number of benzene rings is 2. The van der Waals surface area contributed by atoms with Crippen LogP contribution < -0.4 is 14.9 Å². The SMILES string of the molecule is CCOCCCNS(=O)(=O)c1ccc(NC(=O)[C@@H]2CC(=O)N(c3ccc(C)cc3)C2)cc1. The lowest BCUT2D eigenvalue weighted by atomic mass is 10.1. The summed E-state index contributed by atoms with van der Waals surface area (Å²) < 4.78 is 32.4. The zero-order valence-electron chi connectivity index (χ0n) is 18.3. The molecular formula is C23H29N3O5S. The van der Waals surface area contributed by atoms with Crippen LogP contribution in [-0.2, 0) is 24.3 Å². The van der Waals surface area contributed by atoms with Crippen molar-refractivity contribution in [2.24, 2.45) is 5.92 Å². The highest BCUT2D eigenvalue weighted by Crippen LogP contribution is 2.26. The van der Waals surface area contributed by atoms with Crippen LogP contribution >= 0.6 is 0 Å². The minimum absolute atomic E-state index is 0.0918. The predicted octanol–water partition coefficient (Wildman–Crippen LogP) is 2.69. The Hall–Kier alpha value is -2.75. The standard InChI is InChI=1S/C23H29N3O5S/c1-3-31-14-4-13-24-32(29,30)21-11-7-19(8-12-21)25-23(28)18-15-22(27)26(16-18)20-9-5-17(2)6-10-20/h5-12,18,24H,3-4,13-16H2,1-2H3,(H,25,28)/t18-/m1/s1. The van der Waals surface area contributed by atoms with Crippen LogP contribution in [0, 0.1) is 12.8 Å². The topological polar surface area (TPSA) is 105 Å². The van der Waals surface area contributed by atoms with Crippen molar-refractivity contribution >= 4 is 33.2 Å². The van der Waals surface area contributed by atoms with Gasteiger partial charge in [-0.05, 0) is 56.7 Å². The van der Waals surface area contributed by atoms with E-state index < -0.39 is 15.9 Å². The van der Waals surface area contributed by atoms with Crippen molar-refractivity contribution in [1.82, 2.24) is 4.72 Å². The number of amides is 2. The normalized spacial score (nSPS) is 16.4. The second-order valence-electron chi connectivity index (χ2n) is 7.70. The summed E-state index contributed by atoms with van der Waals surface area (Å²) in [6.45, 7) is 5.55. The summed E-state index contributed by atoms with van der Waals surface area (Å²) in [6.07, 6.45) is 0.721. The minimum Gasteiger partial charge on any atom is -0.382 e. The first kappa shape index (κ1) is 23.9. The van der Waals surface area contributed by atoms with E-state index in [0.29, 0.717) is 31.9 Å². The lowest BCUT2D eigenvalue weighted by Gasteiger charge is -2.17. The lowest BCUT2D eigenvalue weighted by molar-refractivity contribution is -0.122. The maximum atomic E-state index is 12.7. The number of hydrogen-bond acceptors (Lipinski definition) is 5. The molecule has 1 atom stereocenters. The average molecular weight is 460 g/mol. The first-order valence-corrected chi connectivity index (χ1v) is 12.1. The summed E-state index contributed by atoms with van der Waals surface area (Å²) in [5.41, 5.74) is 2.35. The molecule has 32 heavy (non-hydrogen) atoms. The average Bonchev–Trinajstić information content (AvgIpc) is 3.16. The second-order valence-corrected chi connectivity index (χ2v) is 9.47. The van der Waals surface area contributed by atoms with Gasteiger partial charge in [-0.1, -0.05) is 17.7 Å². The molecule has 1 aliphatic heterocycles. The Balaban J connectivity index is 1.55. The van der Waals surface area contributed by atoms with Gasteiger partial charge in [0.25, 0.3) is 0 Å². The van der Waals surface area contributed by atoms with Crippen molar-refractivity contribution in [3.8, 4) is 0 Å². The molecule has 1 saturated heterocycles. The highest BCUT2D eigenvalue weighted by atomic mass is 32.2. The third-order valence-electron chi connectivity index (χ3n) is 5.24. The van der Waals surface area contributed by atoms with Crippen LogP contribution in [0.5, 0.6) is 0 Å². The summed E-state index contributed by atoms with van der Waals surface area (Å²) in [6, 6.07) is 13.6. The van der Waals surface area contributed by atoms with Gasteiger partial charge >= 0.3 is 0 Å². The van der Waals surface area contributed by atoms with Gasteiger partial charge in [0.1, 0.15) is 0 Å². The molecule has 2 amide bonds. The number of hydrogen-bond donors (Lipinski definition) is 2. The molecule has 0 bridgehead atoms. The maximum Gasteiger partial charge on any atom is 0.240 e. The highest BCUT2D eigenvalue weighted by molar-refractivity contribution is 7.89. The van der Waals surface area contributed by atoms with E-state index in [0.717, 1.165) is 11.3 Å². The van der Waals surface area contributed by atoms with Crippen LogP contribution in [0.1, 0.15) is 25.3 Å². The van der Waals surface area contributed by atoms with Gasteiger partial charge in [0.2, 0.25) is 21.8 Å². The van der Waals surface area contributed by atoms with E-state index in [-0.39, 0.29) is 29.7 Å². The van der Waals surface area contributed by atoms with E-state index in [1.807, 2.05) is 38.1 Å². The quantitative estimate of drug-likeness (QED) is 0.532. The Bertz CT molecular complexity index is 1040. The van der Waals surface area contributed by atoms with Crippen LogP contribution in [0.4, 0.5) is 11.4 Å². The number of anilines is 2. The number of rotatable bonds is 10. The fourth-order valence-corrected chi connectivity index (χ4v) is 4.50. The van der Waals surface area contributed by atoms with Crippen molar-refractivity contribution in [3.05, 3.63) is 54.1 Å².